The molecule has 0 saturated carbocycles. The summed E-state index contributed by atoms with van der Waals surface area (Å²) in [4.78, 5) is 26.2. The predicted octanol–water partition coefficient (Wildman–Crippen LogP) is 1.43. The maximum Gasteiger partial charge on any atom is 0.341 e. The standard InChI is InChI=1S/C15H17N3O4/c19-14-13(6-8-22-14)17-15(20)18(21)7-5-10-9-16-12-4-2-1-3-11(10)12/h1-4,9,13,16,21H,5-8H2,(H,17,20)/t13-/m0/s1. The Morgan fingerprint density at radius 2 is 2.27 bits per heavy atom. The van der Waals surface area contributed by atoms with Crippen LogP contribution < -0.4 is 5.32 Å². The molecule has 1 fully saturated rings. The minimum Gasteiger partial charge on any atom is -0.464 e. The first-order chi connectivity index (χ1) is 10.6. The van der Waals surface area contributed by atoms with Gasteiger partial charge in [0.05, 0.1) is 13.2 Å². The van der Waals surface area contributed by atoms with Gasteiger partial charge in [-0.2, -0.15) is 0 Å². The molecule has 1 saturated heterocycles. The number of carbonyl (C=O) groups is 2. The van der Waals surface area contributed by atoms with Crippen molar-refractivity contribution in [3.05, 3.63) is 36.0 Å². The number of hydrogen-bond acceptors (Lipinski definition) is 4. The van der Waals surface area contributed by atoms with Crippen LogP contribution in [0, 0.1) is 0 Å². The molecule has 2 amide bonds. The molecule has 1 aliphatic heterocycles. The molecule has 22 heavy (non-hydrogen) atoms. The number of cyclic esters (lactones) is 1. The van der Waals surface area contributed by atoms with Crippen molar-refractivity contribution < 1.29 is 19.5 Å². The Bertz CT molecular complexity index is 697. The van der Waals surface area contributed by atoms with E-state index in [4.69, 9.17) is 4.74 Å². The summed E-state index contributed by atoms with van der Waals surface area (Å²) in [5.41, 5.74) is 2.03. The smallest absolute Gasteiger partial charge is 0.341 e. The lowest BCUT2D eigenvalue weighted by molar-refractivity contribution is -0.139. The van der Waals surface area contributed by atoms with Crippen LogP contribution in [-0.4, -0.2) is 46.4 Å². The van der Waals surface area contributed by atoms with Gasteiger partial charge < -0.3 is 15.0 Å². The molecule has 3 rings (SSSR count). The Hall–Kier alpha value is -2.54. The van der Waals surface area contributed by atoms with Gasteiger partial charge in [-0.25, -0.2) is 14.7 Å². The van der Waals surface area contributed by atoms with Gasteiger partial charge in [0.2, 0.25) is 0 Å². The molecule has 3 N–H and O–H groups in total. The summed E-state index contributed by atoms with van der Waals surface area (Å²) in [5.74, 6) is -0.460. The second kappa shape index (κ2) is 6.07. The van der Waals surface area contributed by atoms with Crippen molar-refractivity contribution in [1.29, 1.82) is 0 Å². The molecule has 1 aliphatic rings. The highest BCUT2D eigenvalue weighted by atomic mass is 16.5. The molecule has 0 spiro atoms. The number of carbonyl (C=O) groups excluding carboxylic acids is 2. The summed E-state index contributed by atoms with van der Waals surface area (Å²) < 4.78 is 4.76. The maximum atomic E-state index is 11.8. The molecule has 2 aromatic rings. The van der Waals surface area contributed by atoms with Crippen LogP contribution in [0.3, 0.4) is 0 Å². The van der Waals surface area contributed by atoms with Crippen molar-refractivity contribution in [3.8, 4) is 0 Å². The van der Waals surface area contributed by atoms with E-state index in [1.807, 2.05) is 30.5 Å². The zero-order chi connectivity index (χ0) is 15.5. The second-order valence-corrected chi connectivity index (χ2v) is 5.19. The van der Waals surface area contributed by atoms with Gasteiger partial charge in [-0.05, 0) is 18.1 Å². The molecule has 116 valence electrons. The third kappa shape index (κ3) is 2.89. The summed E-state index contributed by atoms with van der Waals surface area (Å²) in [6.45, 7) is 0.431. The number of para-hydroxylation sites is 1. The number of fused-ring (bicyclic) bond motifs is 1. The highest BCUT2D eigenvalue weighted by Crippen LogP contribution is 2.18. The van der Waals surface area contributed by atoms with Crippen LogP contribution in [0.4, 0.5) is 4.79 Å². The predicted molar refractivity (Wildman–Crippen MR) is 78.4 cm³/mol. The van der Waals surface area contributed by atoms with E-state index in [2.05, 4.69) is 10.3 Å². The molecular weight excluding hydrogens is 286 g/mol. The number of ether oxygens (including phenoxy) is 1. The van der Waals surface area contributed by atoms with E-state index in [-0.39, 0.29) is 6.54 Å². The number of hydrogen-bond donors (Lipinski definition) is 3. The number of H-pyrrole nitrogens is 1. The molecule has 7 nitrogen and oxygen atoms in total. The van der Waals surface area contributed by atoms with E-state index < -0.39 is 18.0 Å². The molecular formula is C15H17N3O4. The van der Waals surface area contributed by atoms with Crippen LogP contribution in [-0.2, 0) is 16.0 Å². The zero-order valence-corrected chi connectivity index (χ0v) is 11.9. The van der Waals surface area contributed by atoms with Crippen LogP contribution in [0.1, 0.15) is 12.0 Å². The second-order valence-electron chi connectivity index (χ2n) is 5.19. The van der Waals surface area contributed by atoms with Crippen LogP contribution in [0.25, 0.3) is 10.9 Å². The van der Waals surface area contributed by atoms with E-state index in [1.165, 1.54) is 0 Å². The molecule has 1 aromatic carbocycles. The largest absolute Gasteiger partial charge is 0.464 e. The Kier molecular flexibility index (Phi) is 3.97. The number of amides is 2. The molecule has 0 bridgehead atoms. The molecule has 0 unspecified atom stereocenters. The Labute approximate surface area is 126 Å². The van der Waals surface area contributed by atoms with Gasteiger partial charge in [0, 0.05) is 23.5 Å². The van der Waals surface area contributed by atoms with Gasteiger partial charge in [-0.3, -0.25) is 5.21 Å². The third-order valence-corrected chi connectivity index (χ3v) is 3.74. The zero-order valence-electron chi connectivity index (χ0n) is 11.9. The first kappa shape index (κ1) is 14.4. The van der Waals surface area contributed by atoms with Crippen molar-refractivity contribution >= 4 is 22.9 Å². The summed E-state index contributed by atoms with van der Waals surface area (Å²) in [5, 5.41) is 13.9. The summed E-state index contributed by atoms with van der Waals surface area (Å²) in [6, 6.07) is 6.47. The normalized spacial score (nSPS) is 17.5. The maximum absolute atomic E-state index is 11.8. The minimum atomic E-state index is -0.691. The Morgan fingerprint density at radius 1 is 1.45 bits per heavy atom. The van der Waals surface area contributed by atoms with Gasteiger partial charge in [-0.15, -0.1) is 0 Å². The lowest BCUT2D eigenvalue weighted by Crippen LogP contribution is -2.45. The molecule has 2 heterocycles. The fraction of sp³-hybridized carbons (Fsp3) is 0.333. The summed E-state index contributed by atoms with van der Waals surface area (Å²) in [7, 11) is 0. The number of aromatic amines is 1. The number of urea groups is 1. The number of rotatable bonds is 4. The SMILES string of the molecule is O=C1OCC[C@@H]1NC(=O)N(O)CCc1c[nH]c2ccccc12. The Morgan fingerprint density at radius 3 is 3.05 bits per heavy atom. The fourth-order valence-corrected chi connectivity index (χ4v) is 2.52. The number of benzene rings is 1. The van der Waals surface area contributed by atoms with Crippen LogP contribution in [0.2, 0.25) is 0 Å². The van der Waals surface area contributed by atoms with Gasteiger partial charge in [0.15, 0.2) is 0 Å². The van der Waals surface area contributed by atoms with Crippen molar-refractivity contribution in [1.82, 2.24) is 15.4 Å². The highest BCUT2D eigenvalue weighted by molar-refractivity contribution is 5.84. The topological polar surface area (TPSA) is 94.7 Å². The highest BCUT2D eigenvalue weighted by Gasteiger charge is 2.29. The molecule has 1 aromatic heterocycles. The lowest BCUT2D eigenvalue weighted by atomic mass is 10.1. The first-order valence-electron chi connectivity index (χ1n) is 7.13. The van der Waals surface area contributed by atoms with E-state index in [0.29, 0.717) is 24.5 Å². The van der Waals surface area contributed by atoms with Gasteiger partial charge in [0.25, 0.3) is 0 Å². The lowest BCUT2D eigenvalue weighted by Gasteiger charge is -2.17. The third-order valence-electron chi connectivity index (χ3n) is 3.74. The van der Waals surface area contributed by atoms with E-state index in [0.717, 1.165) is 16.5 Å². The van der Waals surface area contributed by atoms with Crippen LogP contribution in [0.5, 0.6) is 0 Å². The van der Waals surface area contributed by atoms with Crippen molar-refractivity contribution in [2.75, 3.05) is 13.2 Å². The number of nitrogens with one attached hydrogen (secondary N) is 2. The molecule has 7 heteroatoms. The average Bonchev–Trinajstić information content (AvgIpc) is 3.11. The number of nitrogens with zero attached hydrogens (tertiary/aromatic N) is 1. The monoisotopic (exact) mass is 303 g/mol. The van der Waals surface area contributed by atoms with Gasteiger partial charge in [-0.1, -0.05) is 18.2 Å². The number of hydroxylamine groups is 2. The minimum absolute atomic E-state index is 0.134. The number of aromatic nitrogens is 1. The fourth-order valence-electron chi connectivity index (χ4n) is 2.52. The van der Waals surface area contributed by atoms with E-state index in [9.17, 15) is 14.8 Å². The quantitative estimate of drug-likeness (QED) is 0.452. The molecule has 0 radical (unpaired) electrons. The molecule has 1 atom stereocenters. The van der Waals surface area contributed by atoms with Crippen molar-refractivity contribution in [3.63, 3.8) is 0 Å². The Balaban J connectivity index is 1.56. The van der Waals surface area contributed by atoms with E-state index in [1.54, 1.807) is 0 Å². The summed E-state index contributed by atoms with van der Waals surface area (Å²) >= 11 is 0. The van der Waals surface area contributed by atoms with Crippen molar-refractivity contribution in [2.45, 2.75) is 18.9 Å². The summed E-state index contributed by atoms with van der Waals surface area (Å²) in [6.07, 6.45) is 2.80. The van der Waals surface area contributed by atoms with Crippen LogP contribution in [0.15, 0.2) is 30.5 Å². The van der Waals surface area contributed by atoms with Gasteiger partial charge >= 0.3 is 12.0 Å². The van der Waals surface area contributed by atoms with Crippen molar-refractivity contribution in [2.24, 2.45) is 0 Å². The first-order valence-corrected chi connectivity index (χ1v) is 7.13. The van der Waals surface area contributed by atoms with E-state index >= 15 is 0 Å². The van der Waals surface area contributed by atoms with Gasteiger partial charge in [0.1, 0.15) is 6.04 Å². The molecule has 0 aliphatic carbocycles. The van der Waals surface area contributed by atoms with Crippen LogP contribution >= 0.6 is 0 Å². The average molecular weight is 303 g/mol. The number of esters is 1.